The minimum Gasteiger partial charge on any atom is -0.478 e. The Bertz CT molecular complexity index is 286. The van der Waals surface area contributed by atoms with Gasteiger partial charge in [0.1, 0.15) is 0 Å². The molecule has 1 aliphatic carbocycles. The van der Waals surface area contributed by atoms with Gasteiger partial charge in [-0.3, -0.25) is 4.99 Å². The van der Waals surface area contributed by atoms with Gasteiger partial charge in [-0.15, -0.1) is 0 Å². The number of aliphatic hydroxyl groups excluding tert-OH is 1. The SMILES string of the molecule is N/C=C(\C=N[C@@H]1CCCC[C@@H]1O)C(=O)O. The van der Waals surface area contributed by atoms with Gasteiger partial charge in [0.15, 0.2) is 0 Å². The van der Waals surface area contributed by atoms with Gasteiger partial charge in [-0.1, -0.05) is 12.8 Å². The Hall–Kier alpha value is -1.36. The second-order valence-electron chi connectivity index (χ2n) is 3.62. The molecule has 0 aromatic rings. The summed E-state index contributed by atoms with van der Waals surface area (Å²) < 4.78 is 0. The summed E-state index contributed by atoms with van der Waals surface area (Å²) in [5.74, 6) is -1.11. The molecule has 15 heavy (non-hydrogen) atoms. The molecule has 5 heteroatoms. The number of hydrogen-bond donors (Lipinski definition) is 3. The van der Waals surface area contributed by atoms with Crippen LogP contribution < -0.4 is 5.73 Å². The monoisotopic (exact) mass is 212 g/mol. The third kappa shape index (κ3) is 3.36. The van der Waals surface area contributed by atoms with Crippen LogP contribution in [0.25, 0.3) is 0 Å². The van der Waals surface area contributed by atoms with Crippen molar-refractivity contribution in [3.05, 3.63) is 11.8 Å². The van der Waals surface area contributed by atoms with Crippen molar-refractivity contribution >= 4 is 12.2 Å². The van der Waals surface area contributed by atoms with Crippen molar-refractivity contribution < 1.29 is 15.0 Å². The van der Waals surface area contributed by atoms with Crippen LogP contribution in [0.5, 0.6) is 0 Å². The molecular formula is C10H16N2O3. The average Bonchev–Trinajstić information content (AvgIpc) is 2.21. The van der Waals surface area contributed by atoms with Gasteiger partial charge < -0.3 is 15.9 Å². The summed E-state index contributed by atoms with van der Waals surface area (Å²) in [5, 5.41) is 18.2. The predicted octanol–water partition coefficient (Wildman–Crippen LogP) is 0.288. The van der Waals surface area contributed by atoms with E-state index in [9.17, 15) is 9.90 Å². The van der Waals surface area contributed by atoms with E-state index in [2.05, 4.69) is 4.99 Å². The van der Waals surface area contributed by atoms with Crippen LogP contribution in [-0.2, 0) is 4.79 Å². The number of nitrogens with two attached hydrogens (primary N) is 1. The van der Waals surface area contributed by atoms with Crippen LogP contribution in [0.1, 0.15) is 25.7 Å². The standard InChI is InChI=1S/C10H16N2O3/c11-5-7(10(14)15)6-12-8-3-1-2-4-9(8)13/h5-6,8-9,13H,1-4,11H2,(H,14,15)/b7-5+,12-6?/t8-,9+/m1/s1. The van der Waals surface area contributed by atoms with Crippen molar-refractivity contribution in [1.29, 1.82) is 0 Å². The minimum atomic E-state index is -1.11. The quantitative estimate of drug-likeness (QED) is 0.462. The Morgan fingerprint density at radius 2 is 2.07 bits per heavy atom. The van der Waals surface area contributed by atoms with Crippen molar-refractivity contribution in [2.24, 2.45) is 10.7 Å². The fourth-order valence-electron chi connectivity index (χ4n) is 1.61. The van der Waals surface area contributed by atoms with Crippen LogP contribution >= 0.6 is 0 Å². The Kier molecular flexibility index (Phi) is 4.30. The van der Waals surface area contributed by atoms with Gasteiger partial charge in [0.25, 0.3) is 0 Å². The molecule has 0 unspecified atom stereocenters. The topological polar surface area (TPSA) is 95.9 Å². The van der Waals surface area contributed by atoms with Crippen molar-refractivity contribution in [3.63, 3.8) is 0 Å². The average molecular weight is 212 g/mol. The Labute approximate surface area is 88.3 Å². The molecule has 1 saturated carbocycles. The number of carboxylic acid groups (broad SMARTS) is 1. The van der Waals surface area contributed by atoms with Crippen LogP contribution in [-0.4, -0.2) is 34.5 Å². The van der Waals surface area contributed by atoms with E-state index in [0.29, 0.717) is 0 Å². The van der Waals surface area contributed by atoms with E-state index in [-0.39, 0.29) is 11.6 Å². The number of carboxylic acids is 1. The maximum Gasteiger partial charge on any atom is 0.338 e. The van der Waals surface area contributed by atoms with Gasteiger partial charge in [0.05, 0.1) is 17.7 Å². The number of nitrogens with zero attached hydrogens (tertiary/aromatic N) is 1. The first-order valence-corrected chi connectivity index (χ1v) is 5.01. The predicted molar refractivity (Wildman–Crippen MR) is 56.7 cm³/mol. The van der Waals surface area contributed by atoms with E-state index in [0.717, 1.165) is 31.9 Å². The molecule has 0 aromatic carbocycles. The first-order chi connectivity index (χ1) is 7.15. The molecule has 5 nitrogen and oxygen atoms in total. The lowest BCUT2D eigenvalue weighted by atomic mass is 9.93. The third-order valence-electron chi connectivity index (χ3n) is 2.53. The molecule has 0 spiro atoms. The van der Waals surface area contributed by atoms with E-state index in [1.165, 1.54) is 6.21 Å². The molecule has 84 valence electrons. The number of carbonyl (C=O) groups is 1. The largest absolute Gasteiger partial charge is 0.478 e. The Morgan fingerprint density at radius 3 is 2.60 bits per heavy atom. The Balaban J connectivity index is 2.59. The van der Waals surface area contributed by atoms with Crippen LogP contribution in [0.2, 0.25) is 0 Å². The van der Waals surface area contributed by atoms with Gasteiger partial charge in [0, 0.05) is 12.4 Å². The fourth-order valence-corrected chi connectivity index (χ4v) is 1.61. The summed E-state index contributed by atoms with van der Waals surface area (Å²) in [6.45, 7) is 0. The lowest BCUT2D eigenvalue weighted by Gasteiger charge is -2.23. The normalized spacial score (nSPS) is 28.2. The summed E-state index contributed by atoms with van der Waals surface area (Å²) in [5.41, 5.74) is 5.08. The molecule has 0 heterocycles. The summed E-state index contributed by atoms with van der Waals surface area (Å²) >= 11 is 0. The van der Waals surface area contributed by atoms with Gasteiger partial charge >= 0.3 is 5.97 Å². The van der Waals surface area contributed by atoms with Crippen LogP contribution in [0.15, 0.2) is 16.8 Å². The zero-order valence-corrected chi connectivity index (χ0v) is 8.47. The lowest BCUT2D eigenvalue weighted by molar-refractivity contribution is -0.132. The highest BCUT2D eigenvalue weighted by atomic mass is 16.4. The molecule has 0 radical (unpaired) electrons. The molecule has 1 aliphatic rings. The molecule has 0 aliphatic heterocycles. The second-order valence-corrected chi connectivity index (χ2v) is 3.62. The molecule has 0 aromatic heterocycles. The maximum atomic E-state index is 10.6. The van der Waals surface area contributed by atoms with Crippen molar-refractivity contribution in [3.8, 4) is 0 Å². The maximum absolute atomic E-state index is 10.6. The summed E-state index contributed by atoms with van der Waals surface area (Å²) in [4.78, 5) is 14.6. The number of aliphatic carboxylic acids is 1. The lowest BCUT2D eigenvalue weighted by Crippen LogP contribution is -2.28. The summed E-state index contributed by atoms with van der Waals surface area (Å²) in [7, 11) is 0. The molecule has 1 rings (SSSR count). The van der Waals surface area contributed by atoms with Crippen LogP contribution in [0, 0.1) is 0 Å². The number of rotatable bonds is 3. The molecule has 4 N–H and O–H groups in total. The van der Waals surface area contributed by atoms with E-state index < -0.39 is 12.1 Å². The highest BCUT2D eigenvalue weighted by Crippen LogP contribution is 2.20. The van der Waals surface area contributed by atoms with Gasteiger partial charge in [-0.05, 0) is 12.8 Å². The highest BCUT2D eigenvalue weighted by Gasteiger charge is 2.21. The van der Waals surface area contributed by atoms with Crippen LogP contribution in [0.3, 0.4) is 0 Å². The highest BCUT2D eigenvalue weighted by molar-refractivity contribution is 6.08. The molecule has 0 saturated heterocycles. The van der Waals surface area contributed by atoms with Gasteiger partial charge in [-0.2, -0.15) is 0 Å². The molecule has 1 fully saturated rings. The van der Waals surface area contributed by atoms with Crippen molar-refractivity contribution in [2.45, 2.75) is 37.8 Å². The minimum absolute atomic E-state index is 0.0484. The molecule has 0 bridgehead atoms. The van der Waals surface area contributed by atoms with E-state index in [1.54, 1.807) is 0 Å². The van der Waals surface area contributed by atoms with E-state index in [4.69, 9.17) is 10.8 Å². The second kappa shape index (κ2) is 5.50. The van der Waals surface area contributed by atoms with Gasteiger partial charge in [0.2, 0.25) is 0 Å². The summed E-state index contributed by atoms with van der Waals surface area (Å²) in [6, 6.07) is -0.187. The fraction of sp³-hybridized carbons (Fsp3) is 0.600. The van der Waals surface area contributed by atoms with E-state index in [1.807, 2.05) is 0 Å². The molecule has 2 atom stereocenters. The third-order valence-corrected chi connectivity index (χ3v) is 2.53. The van der Waals surface area contributed by atoms with Crippen LogP contribution in [0.4, 0.5) is 0 Å². The summed E-state index contributed by atoms with van der Waals surface area (Å²) in [6.07, 6.45) is 5.33. The van der Waals surface area contributed by atoms with E-state index >= 15 is 0 Å². The number of aliphatic hydroxyl groups is 1. The zero-order valence-electron chi connectivity index (χ0n) is 8.47. The number of aliphatic imine (C=N–C) groups is 1. The van der Waals surface area contributed by atoms with Gasteiger partial charge in [-0.25, -0.2) is 4.79 Å². The zero-order chi connectivity index (χ0) is 11.3. The smallest absolute Gasteiger partial charge is 0.338 e. The first-order valence-electron chi connectivity index (χ1n) is 5.01. The molecular weight excluding hydrogens is 196 g/mol. The van der Waals surface area contributed by atoms with Crippen molar-refractivity contribution in [1.82, 2.24) is 0 Å². The number of hydrogen-bond acceptors (Lipinski definition) is 4. The van der Waals surface area contributed by atoms with Crippen molar-refractivity contribution in [2.75, 3.05) is 0 Å². The first kappa shape index (κ1) is 11.7. The molecule has 0 amide bonds. The Morgan fingerprint density at radius 1 is 1.40 bits per heavy atom.